The van der Waals surface area contributed by atoms with Gasteiger partial charge in [-0.15, -0.1) is 6.42 Å². The summed E-state index contributed by atoms with van der Waals surface area (Å²) in [5.41, 5.74) is 17.8. The van der Waals surface area contributed by atoms with Gasteiger partial charge in [-0.2, -0.15) is 23.4 Å². The number of halogens is 6. The number of hydrogen-bond acceptors (Lipinski definition) is 18. The number of pyridine rings is 2. The van der Waals surface area contributed by atoms with Crippen LogP contribution in [0, 0.1) is 38.9 Å². The maximum absolute atomic E-state index is 14.3. The number of terminal acetylenes is 1. The number of anilines is 3. The van der Waals surface area contributed by atoms with E-state index in [4.69, 9.17) is 35.8 Å². The van der Waals surface area contributed by atoms with Gasteiger partial charge in [-0.1, -0.05) is 51.0 Å². The number of imidazole rings is 3. The number of fused-ring (bicyclic) bond motifs is 3. The predicted molar refractivity (Wildman–Crippen MR) is 437 cm³/mol. The van der Waals surface area contributed by atoms with Gasteiger partial charge in [0.15, 0.2) is 18.4 Å². The summed E-state index contributed by atoms with van der Waals surface area (Å²) in [6, 6.07) is 20.4. The van der Waals surface area contributed by atoms with Crippen LogP contribution in [0.4, 0.5) is 43.8 Å². The molecule has 13 aromatic rings. The molecule has 18 rings (SSSR count). The molecule has 0 spiro atoms. The Balaban J connectivity index is 0.000000131. The van der Waals surface area contributed by atoms with Crippen molar-refractivity contribution in [1.29, 1.82) is 0 Å². The lowest BCUT2D eigenvalue weighted by molar-refractivity contribution is -0.137. The molecule has 11 aromatic heterocycles. The third-order valence-corrected chi connectivity index (χ3v) is 23.5. The Morgan fingerprint density at radius 1 is 0.496 bits per heavy atom. The van der Waals surface area contributed by atoms with Crippen molar-refractivity contribution in [3.05, 3.63) is 214 Å². The van der Waals surface area contributed by atoms with Crippen molar-refractivity contribution in [3.63, 3.8) is 0 Å². The normalized spacial score (nSPS) is 16.6. The number of benzene rings is 2. The van der Waals surface area contributed by atoms with Crippen molar-refractivity contribution >= 4 is 51.8 Å². The summed E-state index contributed by atoms with van der Waals surface area (Å²) in [5, 5.41) is 9.11. The number of alkyl halides is 5. The highest BCUT2D eigenvalue weighted by Gasteiger charge is 2.41. The fourth-order valence-corrected chi connectivity index (χ4v) is 16.2. The number of piperidine rings is 3. The maximum atomic E-state index is 14.3. The highest BCUT2D eigenvalue weighted by atomic mass is 19.4. The SMILES string of the molecule is C#Cc1ccc(C2=Cc3c(ncnc3N3CCC(C)(c4nc(-c5cnc(OC)c(F)c5)c(C)[nH]4)CC3)C2)cc1.COc1ccc(-c2nc(C3(C)CCN(c4ncnc5c4C=C(c4cnn(C(C)F)c4)C5)CC3)[nH]c2C)cn1.Cc1[nH]c(C2(C)CCN(c3ncnc4[nH]c(-c5cnn(C(C)F)c5)cc34)CC2)nc1-c1ccc(C(F)(F)F)cc1. The molecular formula is C87H88F6N22O2. The number of aromatic amines is 4. The second-order valence-electron chi connectivity index (χ2n) is 31.4. The van der Waals surface area contributed by atoms with Crippen LogP contribution in [0.5, 0.6) is 11.8 Å². The predicted octanol–water partition coefficient (Wildman–Crippen LogP) is 16.9. The summed E-state index contributed by atoms with van der Waals surface area (Å²) >= 11 is 0. The minimum absolute atomic E-state index is 0.0218. The fourth-order valence-electron chi connectivity index (χ4n) is 16.2. The number of H-pyrrole nitrogens is 4. The standard InChI is InChI=1S/C31H29FN6O.C28H28F4N8.C28H31FN8O/c1-5-20-6-8-21(9-7-20)22-14-24-26(16-22)34-18-35-28(24)38-12-10-31(3,11-13-38)30-36-19(2)27(37-30)23-15-25(32)29(39-4)33-17-23;1-16-23(18-4-6-20(7-5-18)28(30,31)32)38-26(36-16)27(3)8-10-39(11-9-27)25-21-12-22(37-24(21)33-15-34-25)19-13-35-40(14-19)17(2)29;1-17-25(19-5-6-24(38-4)30-13-19)35-27(34-17)28(3)7-9-36(10-8-28)26-22-11-20(12-23(22)31-16-32-26)21-14-33-37(15-21)18(2)29/h1,6-9,14-15,17-18H,10-13,16H2,2-4H3,(H,36,37);4-7,12-15,17H,8-11H2,1-3H3,(H,36,38)(H,33,34,37);5-6,11,13-16,18H,7-10,12H2,1-4H3,(H,34,35). The fraction of sp³-hybridized carbons (Fsp3) is 0.345. The number of nitrogens with one attached hydrogen (secondary N) is 4. The van der Waals surface area contributed by atoms with Crippen molar-refractivity contribution in [2.24, 2.45) is 0 Å². The first-order valence-corrected chi connectivity index (χ1v) is 39.0. The first-order chi connectivity index (χ1) is 56.2. The molecule has 3 aliphatic heterocycles. The highest BCUT2D eigenvalue weighted by Crippen LogP contribution is 2.45. The molecule has 2 unspecified atom stereocenters. The summed E-state index contributed by atoms with van der Waals surface area (Å²) in [7, 11) is 3.02. The average Bonchev–Trinajstić information content (AvgIpc) is 1.66. The molecule has 4 N–H and O–H groups in total. The number of ether oxygens (including phenoxy) is 2. The Hall–Kier alpha value is -12.8. The van der Waals surface area contributed by atoms with E-state index in [1.165, 1.54) is 60.4 Å². The van der Waals surface area contributed by atoms with E-state index in [0.29, 0.717) is 40.5 Å². The minimum atomic E-state index is -4.37. The maximum Gasteiger partial charge on any atom is 0.416 e. The van der Waals surface area contributed by atoms with Crippen molar-refractivity contribution in [2.75, 3.05) is 68.2 Å². The summed E-state index contributed by atoms with van der Waals surface area (Å²) in [4.78, 5) is 71.3. The number of rotatable bonds is 16. The Kier molecular flexibility index (Phi) is 21.0. The summed E-state index contributed by atoms with van der Waals surface area (Å²) < 4.78 is 93.3. The van der Waals surface area contributed by atoms with Crippen LogP contribution in [0.2, 0.25) is 0 Å². The average molecular weight is 1590 g/mol. The number of nitrogens with zero attached hydrogens (tertiary/aromatic N) is 18. The van der Waals surface area contributed by atoms with E-state index in [9.17, 15) is 26.3 Å². The topological polar surface area (TPSA) is 269 Å². The van der Waals surface area contributed by atoms with E-state index in [1.54, 1.807) is 56.9 Å². The molecule has 2 atom stereocenters. The number of allylic oxidation sites excluding steroid dienone is 2. The third-order valence-electron chi connectivity index (χ3n) is 23.5. The van der Waals surface area contributed by atoms with Gasteiger partial charge in [-0.3, -0.25) is 0 Å². The van der Waals surface area contributed by atoms with Crippen LogP contribution in [0.3, 0.4) is 0 Å². The van der Waals surface area contributed by atoms with Gasteiger partial charge >= 0.3 is 6.18 Å². The summed E-state index contributed by atoms with van der Waals surface area (Å²) in [6.45, 7) is 20.4. The van der Waals surface area contributed by atoms with E-state index < -0.39 is 30.1 Å². The highest BCUT2D eigenvalue weighted by molar-refractivity contribution is 5.93. The van der Waals surface area contributed by atoms with Crippen molar-refractivity contribution in [2.45, 2.75) is 142 Å². The van der Waals surface area contributed by atoms with E-state index >= 15 is 0 Å². The Bertz CT molecular complexity index is 5920. The minimum Gasteiger partial charge on any atom is -0.481 e. The Morgan fingerprint density at radius 2 is 0.949 bits per heavy atom. The lowest BCUT2D eigenvalue weighted by atomic mass is 9.79. The number of methoxy groups -OCH3 is 2. The summed E-state index contributed by atoms with van der Waals surface area (Å²) in [6.07, 6.45) is 24.9. The van der Waals surface area contributed by atoms with Gasteiger partial charge in [-0.05, 0) is 144 Å². The zero-order valence-corrected chi connectivity index (χ0v) is 66.5. The molecule has 0 radical (unpaired) electrons. The quantitative estimate of drug-likeness (QED) is 0.0517. The van der Waals surface area contributed by atoms with Crippen LogP contribution < -0.4 is 24.2 Å². The smallest absolute Gasteiger partial charge is 0.416 e. The number of aromatic nitrogens is 19. The van der Waals surface area contributed by atoms with Crippen LogP contribution in [0.1, 0.15) is 165 Å². The molecule has 2 aliphatic carbocycles. The second kappa shape index (κ2) is 31.4. The molecule has 600 valence electrons. The van der Waals surface area contributed by atoms with Crippen molar-refractivity contribution in [3.8, 4) is 69.1 Å². The van der Waals surface area contributed by atoms with Crippen molar-refractivity contribution < 1.29 is 35.8 Å². The molecule has 3 fully saturated rings. The van der Waals surface area contributed by atoms with E-state index in [-0.39, 0.29) is 22.1 Å². The van der Waals surface area contributed by atoms with E-state index in [2.05, 4.69) is 138 Å². The monoisotopic (exact) mass is 1590 g/mol. The number of hydrogen-bond donors (Lipinski definition) is 4. The van der Waals surface area contributed by atoms with Gasteiger partial charge in [0.05, 0.1) is 71.7 Å². The lowest BCUT2D eigenvalue weighted by Crippen LogP contribution is -2.42. The third kappa shape index (κ3) is 15.6. The van der Waals surface area contributed by atoms with E-state index in [1.807, 2.05) is 44.2 Å². The molecular weight excluding hydrogens is 1500 g/mol. The first kappa shape index (κ1) is 78.1. The van der Waals surface area contributed by atoms with Gasteiger partial charge in [0.25, 0.3) is 0 Å². The second-order valence-corrected chi connectivity index (χ2v) is 31.4. The van der Waals surface area contributed by atoms with Crippen LogP contribution in [0.25, 0.3) is 79.4 Å². The van der Waals surface area contributed by atoms with E-state index in [0.717, 1.165) is 221 Å². The van der Waals surface area contributed by atoms with Crippen LogP contribution >= 0.6 is 0 Å². The molecule has 0 amide bonds. The van der Waals surface area contributed by atoms with Gasteiger partial charge in [-0.25, -0.2) is 77.4 Å². The molecule has 30 heteroatoms. The molecule has 117 heavy (non-hydrogen) atoms. The van der Waals surface area contributed by atoms with Gasteiger partial charge in [0, 0.05) is 161 Å². The molecule has 0 bridgehead atoms. The van der Waals surface area contributed by atoms with Crippen LogP contribution in [0.15, 0.2) is 129 Å². The zero-order valence-electron chi connectivity index (χ0n) is 66.5. The molecule has 2 aromatic carbocycles. The van der Waals surface area contributed by atoms with Gasteiger partial charge in [0.2, 0.25) is 11.8 Å². The lowest BCUT2D eigenvalue weighted by Gasteiger charge is -2.39. The molecule has 24 nitrogen and oxygen atoms in total. The summed E-state index contributed by atoms with van der Waals surface area (Å²) in [5.74, 6) is 8.25. The Morgan fingerprint density at radius 3 is 1.42 bits per heavy atom. The molecule has 5 aliphatic rings. The van der Waals surface area contributed by atoms with Crippen LogP contribution in [-0.4, -0.2) is 148 Å². The Labute approximate surface area is 671 Å². The number of aryl methyl sites for hydroxylation is 3. The largest absolute Gasteiger partial charge is 0.481 e. The molecule has 14 heterocycles. The van der Waals surface area contributed by atoms with Crippen molar-refractivity contribution in [1.82, 2.24) is 94.3 Å². The van der Waals surface area contributed by atoms with Gasteiger partial charge < -0.3 is 44.1 Å². The first-order valence-electron chi connectivity index (χ1n) is 39.0. The zero-order chi connectivity index (χ0) is 81.8. The van der Waals surface area contributed by atoms with Gasteiger partial charge in [0.1, 0.15) is 59.6 Å². The molecule has 3 saturated heterocycles. The van der Waals surface area contributed by atoms with Crippen LogP contribution in [-0.2, 0) is 35.3 Å². The molecule has 0 saturated carbocycles.